The molecule has 2 aromatic carbocycles. The fourth-order valence-electron chi connectivity index (χ4n) is 5.95. The van der Waals surface area contributed by atoms with Gasteiger partial charge >= 0.3 is 5.97 Å². The average Bonchev–Trinajstić information content (AvgIpc) is 3.15. The second-order valence-corrected chi connectivity index (χ2v) is 10.6. The zero-order chi connectivity index (χ0) is 27.3. The molecular formula is C31H39N3O4. The van der Waals surface area contributed by atoms with Crippen LogP contribution in [0.25, 0.3) is 0 Å². The molecule has 2 aliphatic rings. The Kier molecular flexibility index (Phi) is 8.65. The third-order valence-electron chi connectivity index (χ3n) is 7.89. The number of unbranched alkanes of at least 4 members (excludes halogenated alkanes) is 1. The van der Waals surface area contributed by atoms with Crippen LogP contribution in [0.3, 0.4) is 0 Å². The van der Waals surface area contributed by atoms with E-state index in [-0.39, 0.29) is 30.8 Å². The molecule has 1 atom stereocenters. The smallest absolute Gasteiger partial charge is 0.305 e. The van der Waals surface area contributed by atoms with Gasteiger partial charge in [-0.3, -0.25) is 19.4 Å². The molecule has 1 heterocycles. The minimum Gasteiger partial charge on any atom is -0.481 e. The molecule has 7 nitrogen and oxygen atoms in total. The molecule has 0 bridgehead atoms. The molecule has 1 aliphatic heterocycles. The number of aliphatic carboxylic acids is 1. The predicted octanol–water partition coefficient (Wildman–Crippen LogP) is 5.73. The SMILES string of the molecule is CCCCC(c1ccc(C(=O)NCCC(=O)O)cc1)N1C(=O)C(c2c(C)cccc2C)=NC12CCCCC2. The number of hydrogen-bond donors (Lipinski definition) is 2. The number of carboxylic acids is 1. The summed E-state index contributed by atoms with van der Waals surface area (Å²) in [5.74, 6) is -1.25. The molecule has 2 N–H and O–H groups in total. The summed E-state index contributed by atoms with van der Waals surface area (Å²) < 4.78 is 0. The Morgan fingerprint density at radius 1 is 1.05 bits per heavy atom. The maximum atomic E-state index is 14.3. The molecule has 4 rings (SSSR count). The zero-order valence-corrected chi connectivity index (χ0v) is 22.8. The molecule has 1 unspecified atom stereocenters. The van der Waals surface area contributed by atoms with Crippen molar-refractivity contribution < 1.29 is 19.5 Å². The highest BCUT2D eigenvalue weighted by atomic mass is 16.4. The molecular weight excluding hydrogens is 478 g/mol. The second-order valence-electron chi connectivity index (χ2n) is 10.6. The summed E-state index contributed by atoms with van der Waals surface area (Å²) in [4.78, 5) is 44.9. The molecule has 202 valence electrons. The van der Waals surface area contributed by atoms with Crippen LogP contribution in [0.1, 0.15) is 103 Å². The van der Waals surface area contributed by atoms with Crippen LogP contribution in [0, 0.1) is 13.8 Å². The fourth-order valence-corrected chi connectivity index (χ4v) is 5.95. The lowest BCUT2D eigenvalue weighted by Gasteiger charge is -2.44. The van der Waals surface area contributed by atoms with E-state index in [1.165, 1.54) is 0 Å². The summed E-state index contributed by atoms with van der Waals surface area (Å²) in [6.45, 7) is 6.33. The van der Waals surface area contributed by atoms with Gasteiger partial charge in [-0.15, -0.1) is 0 Å². The van der Waals surface area contributed by atoms with Crippen LogP contribution in [0.2, 0.25) is 0 Å². The van der Waals surface area contributed by atoms with E-state index < -0.39 is 11.6 Å². The van der Waals surface area contributed by atoms with Crippen molar-refractivity contribution in [2.75, 3.05) is 6.54 Å². The number of carbonyl (C=O) groups excluding carboxylic acids is 2. The van der Waals surface area contributed by atoms with E-state index in [0.29, 0.717) is 11.3 Å². The number of rotatable bonds is 10. The van der Waals surface area contributed by atoms with Gasteiger partial charge in [0.15, 0.2) is 0 Å². The van der Waals surface area contributed by atoms with Crippen molar-refractivity contribution in [3.05, 3.63) is 70.3 Å². The molecule has 1 spiro atoms. The van der Waals surface area contributed by atoms with Crippen LogP contribution in [-0.2, 0) is 9.59 Å². The van der Waals surface area contributed by atoms with E-state index in [1.807, 2.05) is 44.2 Å². The van der Waals surface area contributed by atoms with Crippen LogP contribution < -0.4 is 5.32 Å². The summed E-state index contributed by atoms with van der Waals surface area (Å²) in [7, 11) is 0. The van der Waals surface area contributed by atoms with E-state index in [4.69, 9.17) is 10.1 Å². The molecule has 0 saturated heterocycles. The van der Waals surface area contributed by atoms with E-state index in [0.717, 1.165) is 73.6 Å². The highest BCUT2D eigenvalue weighted by molar-refractivity contribution is 6.47. The lowest BCUT2D eigenvalue weighted by molar-refractivity contribution is -0.137. The quantitative estimate of drug-likeness (QED) is 0.420. The van der Waals surface area contributed by atoms with Crippen molar-refractivity contribution in [3.63, 3.8) is 0 Å². The highest BCUT2D eigenvalue weighted by Crippen LogP contribution is 2.46. The van der Waals surface area contributed by atoms with Crippen molar-refractivity contribution >= 4 is 23.5 Å². The Morgan fingerprint density at radius 3 is 2.32 bits per heavy atom. The first-order chi connectivity index (χ1) is 18.3. The maximum Gasteiger partial charge on any atom is 0.305 e. The zero-order valence-electron chi connectivity index (χ0n) is 22.8. The Bertz CT molecular complexity index is 1190. The number of aryl methyl sites for hydroxylation is 2. The van der Waals surface area contributed by atoms with Gasteiger partial charge in [0.2, 0.25) is 0 Å². The van der Waals surface area contributed by atoms with Crippen molar-refractivity contribution in [3.8, 4) is 0 Å². The van der Waals surface area contributed by atoms with E-state index in [1.54, 1.807) is 12.1 Å². The number of hydrogen-bond acceptors (Lipinski definition) is 4. The Morgan fingerprint density at radius 2 is 1.71 bits per heavy atom. The van der Waals surface area contributed by atoms with Crippen LogP contribution in [0.4, 0.5) is 0 Å². The van der Waals surface area contributed by atoms with Gasteiger partial charge in [-0.1, -0.05) is 56.5 Å². The van der Waals surface area contributed by atoms with Crippen LogP contribution in [-0.4, -0.2) is 45.7 Å². The van der Waals surface area contributed by atoms with Crippen LogP contribution in [0.5, 0.6) is 0 Å². The van der Waals surface area contributed by atoms with Gasteiger partial charge < -0.3 is 15.3 Å². The van der Waals surface area contributed by atoms with Gasteiger partial charge in [0.05, 0.1) is 12.5 Å². The lowest BCUT2D eigenvalue weighted by Crippen LogP contribution is -2.50. The van der Waals surface area contributed by atoms with E-state index in [9.17, 15) is 14.4 Å². The standard InChI is InChI=1S/C31H39N3O4/c1-4-5-12-25(23-13-15-24(16-14-23)29(37)32-20-17-26(35)36)34-30(38)28(27-21(2)10-9-11-22(27)3)33-31(34)18-7-6-8-19-31/h9-11,13-16,25H,4-8,12,17-20H2,1-3H3,(H,32,37)(H,35,36). The highest BCUT2D eigenvalue weighted by Gasteiger charge is 2.51. The van der Waals surface area contributed by atoms with E-state index >= 15 is 0 Å². The topological polar surface area (TPSA) is 99.1 Å². The van der Waals surface area contributed by atoms with E-state index in [2.05, 4.69) is 17.1 Å². The Hall–Kier alpha value is -3.48. The van der Waals surface area contributed by atoms with Crippen molar-refractivity contribution in [2.45, 2.75) is 90.3 Å². The number of carboxylic acid groups (broad SMARTS) is 1. The number of carbonyl (C=O) groups is 3. The summed E-state index contributed by atoms with van der Waals surface area (Å²) in [5.41, 5.74) is 4.59. The summed E-state index contributed by atoms with van der Waals surface area (Å²) in [6.07, 6.45) is 7.66. The molecule has 38 heavy (non-hydrogen) atoms. The molecule has 1 saturated carbocycles. The first-order valence-corrected chi connectivity index (χ1v) is 13.9. The molecule has 0 radical (unpaired) electrons. The van der Waals surface area contributed by atoms with Crippen molar-refractivity contribution in [1.82, 2.24) is 10.2 Å². The van der Waals surface area contributed by atoms with Gasteiger partial charge in [-0.25, -0.2) is 0 Å². The predicted molar refractivity (Wildman–Crippen MR) is 148 cm³/mol. The third kappa shape index (κ3) is 5.66. The van der Waals surface area contributed by atoms with Crippen LogP contribution in [0.15, 0.2) is 47.5 Å². The monoisotopic (exact) mass is 517 g/mol. The van der Waals surface area contributed by atoms with Crippen molar-refractivity contribution in [2.24, 2.45) is 4.99 Å². The molecule has 2 aromatic rings. The second kappa shape index (κ2) is 11.9. The molecule has 1 fully saturated rings. The number of nitrogens with one attached hydrogen (secondary N) is 1. The first kappa shape index (κ1) is 27.6. The normalized spacial score (nSPS) is 17.4. The maximum absolute atomic E-state index is 14.3. The summed E-state index contributed by atoms with van der Waals surface area (Å²) in [6, 6.07) is 13.4. The Labute approximate surface area is 225 Å². The van der Waals surface area contributed by atoms with Gasteiger partial charge in [0.25, 0.3) is 11.8 Å². The lowest BCUT2D eigenvalue weighted by atomic mass is 9.86. The number of amides is 2. The molecule has 1 aliphatic carbocycles. The van der Waals surface area contributed by atoms with Gasteiger partial charge in [-0.05, 0) is 74.8 Å². The number of aliphatic imine (C=N–C) groups is 1. The molecule has 7 heteroatoms. The molecule has 0 aromatic heterocycles. The largest absolute Gasteiger partial charge is 0.481 e. The van der Waals surface area contributed by atoms with Gasteiger partial charge in [0, 0.05) is 17.7 Å². The fraction of sp³-hybridized carbons (Fsp3) is 0.484. The minimum atomic E-state index is -0.950. The van der Waals surface area contributed by atoms with Gasteiger partial charge in [0.1, 0.15) is 11.4 Å². The Balaban J connectivity index is 1.69. The average molecular weight is 518 g/mol. The third-order valence-corrected chi connectivity index (χ3v) is 7.89. The summed E-state index contributed by atoms with van der Waals surface area (Å²) in [5, 5.41) is 11.5. The minimum absolute atomic E-state index is 0.000827. The van der Waals surface area contributed by atoms with Crippen molar-refractivity contribution in [1.29, 1.82) is 0 Å². The number of nitrogens with zero attached hydrogens (tertiary/aromatic N) is 2. The summed E-state index contributed by atoms with van der Waals surface area (Å²) >= 11 is 0. The number of benzene rings is 2. The van der Waals surface area contributed by atoms with Crippen LogP contribution >= 0.6 is 0 Å². The molecule has 2 amide bonds. The first-order valence-electron chi connectivity index (χ1n) is 13.9. The van der Waals surface area contributed by atoms with Gasteiger partial charge in [-0.2, -0.15) is 0 Å².